The van der Waals surface area contributed by atoms with Gasteiger partial charge in [0.2, 0.25) is 0 Å². The fourth-order valence-electron chi connectivity index (χ4n) is 2.53. The highest BCUT2D eigenvalue weighted by Crippen LogP contribution is 2.12. The third kappa shape index (κ3) is 14.5. The first-order valence-corrected chi connectivity index (χ1v) is 10.3. The summed E-state index contributed by atoms with van der Waals surface area (Å²) in [6.07, 6.45) is 11.4. The highest BCUT2D eigenvalue weighted by molar-refractivity contribution is 6.56. The molecule has 0 saturated heterocycles. The van der Waals surface area contributed by atoms with Gasteiger partial charge in [-0.05, 0) is 12.8 Å². The van der Waals surface area contributed by atoms with Crippen LogP contribution in [0.15, 0.2) is 0 Å². The zero-order valence-electron chi connectivity index (χ0n) is 13.8. The number of quaternary nitrogens is 1. The van der Waals surface area contributed by atoms with Crippen LogP contribution in [0.4, 0.5) is 0 Å². The van der Waals surface area contributed by atoms with Crippen molar-refractivity contribution >= 4 is 8.80 Å². The molecule has 0 saturated carbocycles. The van der Waals surface area contributed by atoms with Crippen LogP contribution in [0.5, 0.6) is 0 Å². The van der Waals surface area contributed by atoms with E-state index in [0.29, 0.717) is 6.42 Å². The minimum atomic E-state index is -3.83. The van der Waals surface area contributed by atoms with Crippen molar-refractivity contribution in [3.8, 4) is 0 Å². The molecule has 0 rings (SSSR count). The van der Waals surface area contributed by atoms with Gasteiger partial charge in [0.1, 0.15) is 0 Å². The predicted molar refractivity (Wildman–Crippen MR) is 86.3 cm³/mol. The Morgan fingerprint density at radius 3 is 1.65 bits per heavy atom. The zero-order chi connectivity index (χ0) is 15.5. The number of unbranched alkanes of at least 4 members (excludes halogenated alkanes) is 7. The molecule has 0 aliphatic rings. The molecule has 0 atom stereocenters. The number of rotatable bonds is 13. The van der Waals surface area contributed by atoms with Gasteiger partial charge in [-0.1, -0.05) is 45.4 Å². The van der Waals surface area contributed by atoms with Crippen molar-refractivity contribution in [2.24, 2.45) is 0 Å². The van der Waals surface area contributed by atoms with Crippen LogP contribution in [0.25, 0.3) is 0 Å². The third-order valence-corrected chi connectivity index (χ3v) is 4.92. The molecule has 0 aliphatic carbocycles. The van der Waals surface area contributed by atoms with Crippen molar-refractivity contribution in [2.45, 2.75) is 70.8 Å². The molecular weight excluding hydrogens is 270 g/mol. The van der Waals surface area contributed by atoms with Gasteiger partial charge in [-0.25, -0.2) is 0 Å². The van der Waals surface area contributed by atoms with E-state index in [1.807, 2.05) is 0 Å². The van der Waals surface area contributed by atoms with Crippen LogP contribution < -0.4 is 0 Å². The summed E-state index contributed by atoms with van der Waals surface area (Å²) in [6, 6.07) is 0.159. The molecule has 0 aliphatic heterocycles. The van der Waals surface area contributed by atoms with Gasteiger partial charge in [-0.15, -0.1) is 0 Å². The molecule has 0 heterocycles. The Morgan fingerprint density at radius 2 is 1.15 bits per heavy atom. The summed E-state index contributed by atoms with van der Waals surface area (Å²) < 4.78 is 0.903. The molecular formula is C15H36NO3Si+. The molecule has 0 fully saturated rings. The van der Waals surface area contributed by atoms with Gasteiger partial charge >= 0.3 is 8.80 Å². The van der Waals surface area contributed by atoms with Gasteiger partial charge < -0.3 is 18.9 Å². The quantitative estimate of drug-likeness (QED) is 0.278. The van der Waals surface area contributed by atoms with E-state index in [9.17, 15) is 0 Å². The SMILES string of the molecule is CCCCCCCCCC[N+](C)(C)CCC[Si](O)(O)O. The standard InChI is InChI=1S/C15H36NO3Si/c1-4-5-6-7-8-9-10-11-13-16(2,3)14-12-15-20(17,18)19/h17-19H,4-15H2,1-3H3/q+1. The lowest BCUT2D eigenvalue weighted by Crippen LogP contribution is -2.43. The summed E-state index contributed by atoms with van der Waals surface area (Å²) in [4.78, 5) is 27.0. The Balaban J connectivity index is 3.47. The lowest BCUT2D eigenvalue weighted by Gasteiger charge is -2.30. The minimum Gasteiger partial charge on any atom is -0.390 e. The second-order valence-electron chi connectivity index (χ2n) is 6.74. The van der Waals surface area contributed by atoms with Gasteiger partial charge in [0.25, 0.3) is 0 Å². The van der Waals surface area contributed by atoms with Crippen molar-refractivity contribution in [3.05, 3.63) is 0 Å². The Kier molecular flexibility index (Phi) is 10.8. The van der Waals surface area contributed by atoms with E-state index < -0.39 is 8.80 Å². The highest BCUT2D eigenvalue weighted by Gasteiger charge is 2.27. The molecule has 0 aromatic carbocycles. The Morgan fingerprint density at radius 1 is 0.700 bits per heavy atom. The first-order valence-electron chi connectivity index (χ1n) is 8.26. The van der Waals surface area contributed by atoms with Gasteiger partial charge in [0, 0.05) is 12.5 Å². The van der Waals surface area contributed by atoms with Crippen LogP contribution in [-0.2, 0) is 0 Å². The Bertz CT molecular complexity index is 230. The molecule has 0 radical (unpaired) electrons. The second-order valence-corrected chi connectivity index (χ2v) is 8.78. The highest BCUT2D eigenvalue weighted by atomic mass is 28.4. The summed E-state index contributed by atoms with van der Waals surface area (Å²) >= 11 is 0. The Labute approximate surface area is 126 Å². The van der Waals surface area contributed by atoms with E-state index in [2.05, 4.69) is 21.0 Å². The van der Waals surface area contributed by atoms with Gasteiger partial charge in [-0.2, -0.15) is 0 Å². The van der Waals surface area contributed by atoms with E-state index in [4.69, 9.17) is 14.4 Å². The molecule has 0 unspecified atom stereocenters. The van der Waals surface area contributed by atoms with Crippen LogP contribution >= 0.6 is 0 Å². The number of hydrogen-bond donors (Lipinski definition) is 3. The van der Waals surface area contributed by atoms with Crippen molar-refractivity contribution in [1.82, 2.24) is 0 Å². The average Bonchev–Trinajstić information content (AvgIpc) is 2.30. The number of nitrogens with zero attached hydrogens (tertiary/aromatic N) is 1. The van der Waals surface area contributed by atoms with Crippen molar-refractivity contribution in [1.29, 1.82) is 0 Å². The summed E-state index contributed by atoms with van der Waals surface area (Å²) in [5, 5.41) is 0. The fourth-order valence-corrected chi connectivity index (χ4v) is 3.16. The maximum absolute atomic E-state index is 8.99. The fraction of sp³-hybridized carbons (Fsp3) is 1.00. The normalized spacial score (nSPS) is 12.9. The molecule has 20 heavy (non-hydrogen) atoms. The van der Waals surface area contributed by atoms with Crippen molar-refractivity contribution in [2.75, 3.05) is 27.2 Å². The first-order chi connectivity index (χ1) is 9.27. The zero-order valence-corrected chi connectivity index (χ0v) is 14.8. The predicted octanol–water partition coefficient (Wildman–Crippen LogP) is 2.51. The maximum atomic E-state index is 8.99. The summed E-state index contributed by atoms with van der Waals surface area (Å²) in [6.45, 7) is 4.27. The molecule has 3 N–H and O–H groups in total. The molecule has 0 bridgehead atoms. The van der Waals surface area contributed by atoms with Crippen molar-refractivity contribution < 1.29 is 18.9 Å². The lowest BCUT2D eigenvalue weighted by atomic mass is 10.1. The van der Waals surface area contributed by atoms with E-state index in [1.165, 1.54) is 51.4 Å². The second kappa shape index (κ2) is 10.7. The summed E-state index contributed by atoms with van der Waals surface area (Å²) in [5.74, 6) is 0. The summed E-state index contributed by atoms with van der Waals surface area (Å²) in [7, 11) is 0.527. The van der Waals surface area contributed by atoms with Crippen LogP contribution in [0.2, 0.25) is 6.04 Å². The van der Waals surface area contributed by atoms with Gasteiger partial charge in [0.05, 0.1) is 27.2 Å². The maximum Gasteiger partial charge on any atom is 0.492 e. The molecule has 0 amide bonds. The minimum absolute atomic E-state index is 0.159. The number of hydrogen-bond acceptors (Lipinski definition) is 3. The van der Waals surface area contributed by atoms with E-state index >= 15 is 0 Å². The molecule has 0 spiro atoms. The topological polar surface area (TPSA) is 60.7 Å². The van der Waals surface area contributed by atoms with Crippen LogP contribution in [0, 0.1) is 0 Å². The molecule has 122 valence electrons. The van der Waals surface area contributed by atoms with Gasteiger partial charge in [0.15, 0.2) is 0 Å². The smallest absolute Gasteiger partial charge is 0.390 e. The van der Waals surface area contributed by atoms with E-state index in [-0.39, 0.29) is 6.04 Å². The monoisotopic (exact) mass is 306 g/mol. The third-order valence-electron chi connectivity index (χ3n) is 3.89. The van der Waals surface area contributed by atoms with E-state index in [1.54, 1.807) is 0 Å². The van der Waals surface area contributed by atoms with Crippen LogP contribution in [-0.4, -0.2) is 54.9 Å². The van der Waals surface area contributed by atoms with Crippen LogP contribution in [0.1, 0.15) is 64.7 Å². The molecule has 0 aromatic heterocycles. The van der Waals surface area contributed by atoms with Crippen molar-refractivity contribution in [3.63, 3.8) is 0 Å². The molecule has 5 heteroatoms. The molecule has 0 aromatic rings. The first kappa shape index (κ1) is 20.1. The van der Waals surface area contributed by atoms with E-state index in [0.717, 1.165) is 17.6 Å². The lowest BCUT2D eigenvalue weighted by molar-refractivity contribution is -0.890. The largest absolute Gasteiger partial charge is 0.492 e. The average molecular weight is 307 g/mol. The Hall–Kier alpha value is 0.0569. The molecule has 4 nitrogen and oxygen atoms in total. The van der Waals surface area contributed by atoms with Gasteiger partial charge in [-0.3, -0.25) is 0 Å². The van der Waals surface area contributed by atoms with Crippen LogP contribution in [0.3, 0.4) is 0 Å². The summed E-state index contributed by atoms with van der Waals surface area (Å²) in [5.41, 5.74) is 0.